The molecule has 0 fully saturated rings. The fourth-order valence-corrected chi connectivity index (χ4v) is 1.49. The monoisotopic (exact) mass is 251 g/mol. The maximum absolute atomic E-state index is 13.0. The van der Waals surface area contributed by atoms with Crippen LogP contribution in [-0.2, 0) is 0 Å². The number of benzene rings is 1. The van der Waals surface area contributed by atoms with Crippen molar-refractivity contribution in [2.24, 2.45) is 11.3 Å². The van der Waals surface area contributed by atoms with Crippen LogP contribution in [0.2, 0.25) is 0 Å². The third-order valence-electron chi connectivity index (χ3n) is 3.70. The summed E-state index contributed by atoms with van der Waals surface area (Å²) in [6, 6.07) is 4.22. The van der Waals surface area contributed by atoms with Gasteiger partial charge in [0, 0.05) is 12.1 Å². The molecule has 0 aliphatic carbocycles. The highest BCUT2D eigenvalue weighted by molar-refractivity contribution is 5.95. The van der Waals surface area contributed by atoms with Crippen molar-refractivity contribution in [3.05, 3.63) is 35.1 Å². The van der Waals surface area contributed by atoms with E-state index in [0.29, 0.717) is 23.6 Å². The van der Waals surface area contributed by atoms with Crippen molar-refractivity contribution in [1.29, 1.82) is 0 Å². The first-order valence-corrected chi connectivity index (χ1v) is 6.28. The van der Waals surface area contributed by atoms with Gasteiger partial charge in [0.05, 0.1) is 0 Å². The Hall–Kier alpha value is -1.38. The first-order valence-electron chi connectivity index (χ1n) is 6.28. The van der Waals surface area contributed by atoms with Crippen LogP contribution in [0.1, 0.15) is 43.6 Å². The van der Waals surface area contributed by atoms with Crippen LogP contribution < -0.4 is 5.32 Å². The van der Waals surface area contributed by atoms with Crippen molar-refractivity contribution in [1.82, 2.24) is 5.32 Å². The molecule has 0 heterocycles. The average Bonchev–Trinajstić information content (AvgIpc) is 2.25. The molecule has 0 aromatic heterocycles. The smallest absolute Gasteiger partial charge is 0.251 e. The zero-order valence-electron chi connectivity index (χ0n) is 11.8. The molecule has 1 aromatic carbocycles. The van der Waals surface area contributed by atoms with E-state index in [2.05, 4.69) is 33.0 Å². The first kappa shape index (κ1) is 14.7. The van der Waals surface area contributed by atoms with Gasteiger partial charge in [-0.1, -0.05) is 27.7 Å². The van der Waals surface area contributed by atoms with E-state index in [0.717, 1.165) is 0 Å². The van der Waals surface area contributed by atoms with Gasteiger partial charge in [0.15, 0.2) is 0 Å². The number of aryl methyl sites for hydroxylation is 1. The molecule has 0 unspecified atom stereocenters. The molecule has 1 N–H and O–H groups in total. The van der Waals surface area contributed by atoms with Gasteiger partial charge >= 0.3 is 0 Å². The lowest BCUT2D eigenvalue weighted by molar-refractivity contribution is 0.0924. The van der Waals surface area contributed by atoms with E-state index in [4.69, 9.17) is 0 Å². The van der Waals surface area contributed by atoms with Crippen LogP contribution in [0, 0.1) is 24.1 Å². The number of halogens is 1. The van der Waals surface area contributed by atoms with Crippen LogP contribution >= 0.6 is 0 Å². The summed E-state index contributed by atoms with van der Waals surface area (Å²) in [5.74, 6) is 0.0277. The molecule has 2 nitrogen and oxygen atoms in total. The summed E-state index contributed by atoms with van der Waals surface area (Å²) in [5.41, 5.74) is 1.25. The quantitative estimate of drug-likeness (QED) is 0.871. The molecule has 1 rings (SSSR count). The van der Waals surface area contributed by atoms with Crippen molar-refractivity contribution in [2.45, 2.75) is 34.6 Å². The minimum atomic E-state index is -0.313. The van der Waals surface area contributed by atoms with Gasteiger partial charge in [-0.15, -0.1) is 0 Å². The molecule has 0 aliphatic rings. The molecular formula is C15H22FNO. The highest BCUT2D eigenvalue weighted by Gasteiger charge is 2.23. The van der Waals surface area contributed by atoms with Gasteiger partial charge in [0.25, 0.3) is 5.91 Å². The molecule has 0 saturated carbocycles. The van der Waals surface area contributed by atoms with Crippen molar-refractivity contribution >= 4 is 5.91 Å². The summed E-state index contributed by atoms with van der Waals surface area (Å²) in [7, 11) is 0. The van der Waals surface area contributed by atoms with E-state index in [9.17, 15) is 9.18 Å². The predicted octanol–water partition coefficient (Wildman–Crippen LogP) is 3.55. The van der Waals surface area contributed by atoms with E-state index in [1.807, 2.05) is 0 Å². The van der Waals surface area contributed by atoms with Gasteiger partial charge in [0.1, 0.15) is 5.82 Å². The van der Waals surface area contributed by atoms with Crippen molar-refractivity contribution in [2.75, 3.05) is 6.54 Å². The van der Waals surface area contributed by atoms with E-state index in [1.165, 1.54) is 18.2 Å². The molecule has 18 heavy (non-hydrogen) atoms. The second-order valence-electron chi connectivity index (χ2n) is 5.79. The van der Waals surface area contributed by atoms with Crippen LogP contribution in [0.3, 0.4) is 0 Å². The van der Waals surface area contributed by atoms with Crippen LogP contribution in [-0.4, -0.2) is 12.5 Å². The largest absolute Gasteiger partial charge is 0.351 e. The second-order valence-corrected chi connectivity index (χ2v) is 5.79. The summed E-state index contributed by atoms with van der Waals surface area (Å²) >= 11 is 0. The van der Waals surface area contributed by atoms with Crippen molar-refractivity contribution in [3.63, 3.8) is 0 Å². The third kappa shape index (κ3) is 3.56. The number of hydrogen-bond acceptors (Lipinski definition) is 1. The Bertz CT molecular complexity index is 438. The fraction of sp³-hybridized carbons (Fsp3) is 0.533. The molecule has 0 aliphatic heterocycles. The lowest BCUT2D eigenvalue weighted by Gasteiger charge is -2.29. The summed E-state index contributed by atoms with van der Waals surface area (Å²) in [5, 5.41) is 2.92. The molecule has 0 atom stereocenters. The maximum atomic E-state index is 13.0. The molecule has 1 amide bonds. The zero-order valence-corrected chi connectivity index (χ0v) is 11.8. The molecule has 100 valence electrons. The van der Waals surface area contributed by atoms with E-state index in [-0.39, 0.29) is 17.1 Å². The summed E-state index contributed by atoms with van der Waals surface area (Å²) < 4.78 is 13.0. The minimum absolute atomic E-state index is 0.0452. The van der Waals surface area contributed by atoms with Crippen molar-refractivity contribution in [3.8, 4) is 0 Å². The molecule has 0 bridgehead atoms. The van der Waals surface area contributed by atoms with Gasteiger partial charge < -0.3 is 5.32 Å². The standard InChI is InChI=1S/C15H22FNO/c1-10(2)15(4,5)9-17-14(18)13-7-6-12(16)8-11(13)3/h6-8,10H,9H2,1-5H3,(H,17,18). The highest BCUT2D eigenvalue weighted by atomic mass is 19.1. The minimum Gasteiger partial charge on any atom is -0.351 e. The second kappa shape index (κ2) is 5.51. The van der Waals surface area contributed by atoms with Gasteiger partial charge in [-0.05, 0) is 42.0 Å². The molecule has 0 radical (unpaired) electrons. The number of carbonyl (C=O) groups is 1. The highest BCUT2D eigenvalue weighted by Crippen LogP contribution is 2.24. The lowest BCUT2D eigenvalue weighted by atomic mass is 9.81. The number of carbonyl (C=O) groups excluding carboxylic acids is 1. The Morgan fingerprint density at radius 3 is 2.50 bits per heavy atom. The third-order valence-corrected chi connectivity index (χ3v) is 3.70. The lowest BCUT2D eigenvalue weighted by Crippen LogP contribution is -2.37. The maximum Gasteiger partial charge on any atom is 0.251 e. The number of amides is 1. The zero-order chi connectivity index (χ0) is 13.9. The van der Waals surface area contributed by atoms with Gasteiger partial charge in [-0.25, -0.2) is 4.39 Å². The first-order chi connectivity index (χ1) is 8.24. The average molecular weight is 251 g/mol. The van der Waals surface area contributed by atoms with E-state index in [1.54, 1.807) is 6.92 Å². The molecular weight excluding hydrogens is 229 g/mol. The Labute approximate surface area is 109 Å². The van der Waals surface area contributed by atoms with Crippen LogP contribution in [0.25, 0.3) is 0 Å². The number of nitrogens with one attached hydrogen (secondary N) is 1. The van der Waals surface area contributed by atoms with Gasteiger partial charge in [0.2, 0.25) is 0 Å². The SMILES string of the molecule is Cc1cc(F)ccc1C(=O)NCC(C)(C)C(C)C. The molecule has 0 saturated heterocycles. The Morgan fingerprint density at radius 2 is 2.00 bits per heavy atom. The molecule has 1 aromatic rings. The molecule has 3 heteroatoms. The van der Waals surface area contributed by atoms with Crippen molar-refractivity contribution < 1.29 is 9.18 Å². The Balaban J connectivity index is 2.72. The Kier molecular flexibility index (Phi) is 4.49. The van der Waals surface area contributed by atoms with Crippen LogP contribution in [0.4, 0.5) is 4.39 Å². The molecule has 0 spiro atoms. The van der Waals surface area contributed by atoms with Crippen LogP contribution in [0.15, 0.2) is 18.2 Å². The van der Waals surface area contributed by atoms with E-state index >= 15 is 0 Å². The van der Waals surface area contributed by atoms with Crippen LogP contribution in [0.5, 0.6) is 0 Å². The normalized spacial score (nSPS) is 11.7. The number of rotatable bonds is 4. The Morgan fingerprint density at radius 1 is 1.39 bits per heavy atom. The predicted molar refractivity (Wildman–Crippen MR) is 72.1 cm³/mol. The number of hydrogen-bond donors (Lipinski definition) is 1. The summed E-state index contributed by atoms with van der Waals surface area (Å²) in [4.78, 5) is 12.0. The summed E-state index contributed by atoms with van der Waals surface area (Å²) in [6.45, 7) is 10.9. The van der Waals surface area contributed by atoms with Gasteiger partial charge in [-0.2, -0.15) is 0 Å². The summed E-state index contributed by atoms with van der Waals surface area (Å²) in [6.07, 6.45) is 0. The van der Waals surface area contributed by atoms with Gasteiger partial charge in [-0.3, -0.25) is 4.79 Å². The van der Waals surface area contributed by atoms with E-state index < -0.39 is 0 Å². The fourth-order valence-electron chi connectivity index (χ4n) is 1.49. The topological polar surface area (TPSA) is 29.1 Å².